The lowest BCUT2D eigenvalue weighted by atomic mass is 10.5. The Morgan fingerprint density at radius 1 is 1.16 bits per heavy atom. The molecule has 0 spiro atoms. The molecular weight excluding hydrogens is 268 g/mol. The highest BCUT2D eigenvalue weighted by Gasteiger charge is 2.34. The Morgan fingerprint density at radius 3 is 2.26 bits per heavy atom. The van der Waals surface area contributed by atoms with Gasteiger partial charge in [-0.3, -0.25) is 4.74 Å². The normalized spacial score (nSPS) is 15.8. The number of hydrogen-bond donors (Lipinski definition) is 0. The highest BCUT2D eigenvalue weighted by molar-refractivity contribution is 6.27. The Balaban J connectivity index is 4.17. The van der Waals surface area contributed by atoms with Crippen LogP contribution in [0.3, 0.4) is 0 Å². The molecule has 0 bridgehead atoms. The SMILES string of the molecule is C=CC[SiH2]OC(C)OC(C)OC(COC)(OC)OC. The van der Waals surface area contributed by atoms with Gasteiger partial charge in [0.1, 0.15) is 12.9 Å². The van der Waals surface area contributed by atoms with Gasteiger partial charge >= 0.3 is 5.97 Å². The van der Waals surface area contributed by atoms with E-state index in [1.807, 2.05) is 13.0 Å². The van der Waals surface area contributed by atoms with Gasteiger partial charge in [-0.05, 0) is 19.9 Å². The third-order valence-electron chi connectivity index (χ3n) is 2.35. The second-order valence-electron chi connectivity index (χ2n) is 3.86. The summed E-state index contributed by atoms with van der Waals surface area (Å²) in [7, 11) is 3.87. The summed E-state index contributed by atoms with van der Waals surface area (Å²) in [6.45, 7) is 7.36. The molecule has 0 radical (unpaired) electrons. The van der Waals surface area contributed by atoms with Crippen molar-refractivity contribution in [1.82, 2.24) is 0 Å². The molecule has 0 saturated heterocycles. The summed E-state index contributed by atoms with van der Waals surface area (Å²) in [5.41, 5.74) is 0. The monoisotopic (exact) mass is 294 g/mol. The van der Waals surface area contributed by atoms with E-state index in [1.165, 1.54) is 21.3 Å². The van der Waals surface area contributed by atoms with E-state index in [-0.39, 0.29) is 12.9 Å². The molecule has 0 aliphatic carbocycles. The molecule has 0 aromatic carbocycles. The minimum Gasteiger partial charge on any atom is -0.399 e. The lowest BCUT2D eigenvalue weighted by Gasteiger charge is -2.32. The van der Waals surface area contributed by atoms with Crippen LogP contribution in [-0.2, 0) is 28.1 Å². The predicted molar refractivity (Wildman–Crippen MR) is 74.4 cm³/mol. The van der Waals surface area contributed by atoms with Crippen molar-refractivity contribution in [1.29, 1.82) is 0 Å². The van der Waals surface area contributed by atoms with Crippen molar-refractivity contribution in [2.24, 2.45) is 0 Å². The second-order valence-corrected chi connectivity index (χ2v) is 5.18. The fraction of sp³-hybridized carbons (Fsp3) is 0.833. The number of allylic oxidation sites excluding steroid dienone is 1. The number of hydrogen-bond acceptors (Lipinski definition) is 6. The van der Waals surface area contributed by atoms with E-state index in [9.17, 15) is 0 Å². The van der Waals surface area contributed by atoms with Crippen LogP contribution in [0.25, 0.3) is 0 Å². The highest BCUT2D eigenvalue weighted by Crippen LogP contribution is 2.18. The van der Waals surface area contributed by atoms with Gasteiger partial charge in [-0.2, -0.15) is 0 Å². The molecule has 0 aliphatic heterocycles. The van der Waals surface area contributed by atoms with E-state index >= 15 is 0 Å². The van der Waals surface area contributed by atoms with Crippen LogP contribution < -0.4 is 0 Å². The van der Waals surface area contributed by atoms with Crippen LogP contribution >= 0.6 is 0 Å². The first-order valence-electron chi connectivity index (χ1n) is 6.18. The van der Waals surface area contributed by atoms with Crippen LogP contribution in [0.2, 0.25) is 6.04 Å². The molecule has 0 rings (SSSR count). The van der Waals surface area contributed by atoms with Crippen molar-refractivity contribution in [3.05, 3.63) is 12.7 Å². The van der Waals surface area contributed by atoms with Crippen molar-refractivity contribution in [3.8, 4) is 0 Å². The maximum absolute atomic E-state index is 5.58. The number of ether oxygens (including phenoxy) is 5. The Kier molecular flexibility index (Phi) is 10.3. The zero-order valence-corrected chi connectivity index (χ0v) is 13.9. The largest absolute Gasteiger partial charge is 0.399 e. The summed E-state index contributed by atoms with van der Waals surface area (Å²) in [6.07, 6.45) is 0.955. The molecule has 2 unspecified atom stereocenters. The Hall–Kier alpha value is -0.283. The number of methoxy groups -OCH3 is 3. The maximum atomic E-state index is 5.58. The van der Waals surface area contributed by atoms with Crippen LogP contribution in [0.4, 0.5) is 0 Å². The van der Waals surface area contributed by atoms with E-state index in [2.05, 4.69) is 6.58 Å². The van der Waals surface area contributed by atoms with Gasteiger partial charge in [0.25, 0.3) is 0 Å². The third-order valence-corrected chi connectivity index (χ3v) is 3.70. The van der Waals surface area contributed by atoms with Gasteiger partial charge in [0.2, 0.25) is 0 Å². The fourth-order valence-electron chi connectivity index (χ4n) is 1.42. The molecule has 0 aromatic heterocycles. The predicted octanol–water partition coefficient (Wildman–Crippen LogP) is 1.01. The molecule has 114 valence electrons. The van der Waals surface area contributed by atoms with Crippen molar-refractivity contribution in [3.63, 3.8) is 0 Å². The summed E-state index contributed by atoms with van der Waals surface area (Å²) in [4.78, 5) is 0. The van der Waals surface area contributed by atoms with Gasteiger partial charge in [-0.1, -0.05) is 6.08 Å². The number of rotatable bonds is 12. The topological polar surface area (TPSA) is 55.4 Å². The quantitative estimate of drug-likeness (QED) is 0.232. The van der Waals surface area contributed by atoms with E-state index in [0.717, 1.165) is 6.04 Å². The molecule has 7 heteroatoms. The van der Waals surface area contributed by atoms with Crippen molar-refractivity contribution >= 4 is 9.76 Å². The van der Waals surface area contributed by atoms with Gasteiger partial charge in [0.15, 0.2) is 16.1 Å². The maximum Gasteiger partial charge on any atom is 0.309 e. The lowest BCUT2D eigenvalue weighted by Crippen LogP contribution is -2.45. The van der Waals surface area contributed by atoms with E-state index in [4.69, 9.17) is 28.1 Å². The van der Waals surface area contributed by atoms with Crippen LogP contribution in [0, 0.1) is 0 Å². The Bertz CT molecular complexity index is 234. The van der Waals surface area contributed by atoms with Crippen molar-refractivity contribution in [2.75, 3.05) is 27.9 Å². The second kappa shape index (κ2) is 10.5. The van der Waals surface area contributed by atoms with Crippen LogP contribution in [-0.4, -0.2) is 56.3 Å². The molecule has 6 nitrogen and oxygen atoms in total. The summed E-state index contributed by atoms with van der Waals surface area (Å²) in [6, 6.07) is 0.909. The molecule has 2 atom stereocenters. The first-order chi connectivity index (χ1) is 9.03. The zero-order valence-electron chi connectivity index (χ0n) is 12.5. The van der Waals surface area contributed by atoms with Gasteiger partial charge in [0, 0.05) is 21.3 Å². The highest BCUT2D eigenvalue weighted by atomic mass is 28.2. The van der Waals surface area contributed by atoms with Crippen LogP contribution in [0.5, 0.6) is 0 Å². The van der Waals surface area contributed by atoms with Crippen molar-refractivity contribution < 1.29 is 28.1 Å². The molecular formula is C12H26O6Si. The van der Waals surface area contributed by atoms with Crippen LogP contribution in [0.1, 0.15) is 13.8 Å². The molecule has 0 amide bonds. The molecule has 0 fully saturated rings. The first-order valence-corrected chi connectivity index (χ1v) is 7.76. The molecule has 0 N–H and O–H groups in total. The molecule has 0 aromatic rings. The van der Waals surface area contributed by atoms with E-state index in [1.54, 1.807) is 6.92 Å². The average Bonchev–Trinajstić information content (AvgIpc) is 2.38. The lowest BCUT2D eigenvalue weighted by molar-refractivity contribution is -0.419. The van der Waals surface area contributed by atoms with Gasteiger partial charge in [-0.15, -0.1) is 6.58 Å². The van der Waals surface area contributed by atoms with E-state index in [0.29, 0.717) is 0 Å². The summed E-state index contributed by atoms with van der Waals surface area (Å²) in [5.74, 6) is -1.27. The Morgan fingerprint density at radius 2 is 1.79 bits per heavy atom. The molecule has 0 aliphatic rings. The third kappa shape index (κ3) is 7.78. The van der Waals surface area contributed by atoms with Crippen LogP contribution in [0.15, 0.2) is 12.7 Å². The first kappa shape index (κ1) is 18.7. The minimum atomic E-state index is -1.27. The summed E-state index contributed by atoms with van der Waals surface area (Å²) >= 11 is 0. The fourth-order valence-corrected chi connectivity index (χ4v) is 2.13. The summed E-state index contributed by atoms with van der Waals surface area (Å²) in [5, 5.41) is 0. The smallest absolute Gasteiger partial charge is 0.309 e. The zero-order chi connectivity index (χ0) is 14.7. The van der Waals surface area contributed by atoms with E-state index < -0.39 is 22.0 Å². The molecule has 19 heavy (non-hydrogen) atoms. The Labute approximate surface area is 117 Å². The molecule has 0 heterocycles. The van der Waals surface area contributed by atoms with Gasteiger partial charge in [0.05, 0.1) is 0 Å². The molecule has 0 saturated carbocycles. The van der Waals surface area contributed by atoms with Crippen molar-refractivity contribution in [2.45, 2.75) is 38.4 Å². The van der Waals surface area contributed by atoms with Gasteiger partial charge in [-0.25, -0.2) is 0 Å². The summed E-state index contributed by atoms with van der Waals surface area (Å²) < 4.78 is 32.0. The average molecular weight is 294 g/mol. The minimum absolute atomic E-state index is 0.133. The van der Waals surface area contributed by atoms with Gasteiger partial charge < -0.3 is 23.4 Å². The standard InChI is InChI=1S/C12H26O6Si/c1-7-8-19-18-11(3)16-10(2)17-12(14-5,15-6)9-13-4/h7,10-11H,1,8-9,19H2,2-6H3.